The first-order valence-corrected chi connectivity index (χ1v) is 8.13. The van der Waals surface area contributed by atoms with E-state index < -0.39 is 0 Å². The maximum Gasteiger partial charge on any atom is 0.240 e. The lowest BCUT2D eigenvalue weighted by atomic mass is 9.63. The topological polar surface area (TPSA) is 27.3 Å². The molecule has 4 bridgehead atoms. The average Bonchev–Trinajstić information content (AvgIpc) is 2.82. The number of hydrogen-bond acceptors (Lipinski definition) is 2. The fourth-order valence-corrected chi connectivity index (χ4v) is 5.98. The summed E-state index contributed by atoms with van der Waals surface area (Å²) in [6.45, 7) is 10.7. The molecule has 0 atom stereocenters. The van der Waals surface area contributed by atoms with E-state index in [1.807, 2.05) is 0 Å². The fraction of sp³-hybridized carbons (Fsp3) is 0.647. The van der Waals surface area contributed by atoms with E-state index in [1.54, 1.807) is 9.80 Å². The Hall–Kier alpha value is -1.26. The van der Waals surface area contributed by atoms with E-state index in [1.165, 1.54) is 38.2 Å². The number of hydrogen-bond donors (Lipinski definition) is 2. The third-order valence-electron chi connectivity index (χ3n) is 6.02. The van der Waals surface area contributed by atoms with Gasteiger partial charge in [0.2, 0.25) is 13.0 Å². The Morgan fingerprint density at radius 1 is 0.952 bits per heavy atom. The maximum atomic E-state index is 5.58. The van der Waals surface area contributed by atoms with Gasteiger partial charge < -0.3 is 9.47 Å². The van der Waals surface area contributed by atoms with Crippen LogP contribution in [0.3, 0.4) is 0 Å². The summed E-state index contributed by atoms with van der Waals surface area (Å²) in [5.41, 5.74) is 2.51. The highest BCUT2D eigenvalue weighted by molar-refractivity contribution is 5.44. The molecule has 1 aromatic carbocycles. The molecule has 0 saturated carbocycles. The molecule has 0 unspecified atom stereocenters. The van der Waals surface area contributed by atoms with Gasteiger partial charge in [0, 0.05) is 0 Å². The molecule has 4 nitrogen and oxygen atoms in total. The Morgan fingerprint density at radius 3 is 2.24 bits per heavy atom. The van der Waals surface area contributed by atoms with Gasteiger partial charge in [0.1, 0.15) is 0 Å². The van der Waals surface area contributed by atoms with Crippen LogP contribution in [0.5, 0.6) is 11.5 Å². The van der Waals surface area contributed by atoms with Gasteiger partial charge in [-0.25, -0.2) is 0 Å². The molecule has 0 aliphatic carbocycles. The second-order valence-corrected chi connectivity index (χ2v) is 8.37. The maximum absolute atomic E-state index is 5.58. The van der Waals surface area contributed by atoms with Crippen molar-refractivity contribution in [3.8, 4) is 11.5 Å². The molecule has 5 aliphatic heterocycles. The predicted octanol–water partition coefficient (Wildman–Crippen LogP) is -0.373. The van der Waals surface area contributed by atoms with Crippen LogP contribution >= 0.6 is 0 Å². The fourth-order valence-electron chi connectivity index (χ4n) is 5.98. The zero-order chi connectivity index (χ0) is 14.2. The molecule has 21 heavy (non-hydrogen) atoms. The first-order valence-electron chi connectivity index (χ1n) is 8.13. The number of ether oxygens (including phenoxy) is 2. The lowest BCUT2D eigenvalue weighted by molar-refractivity contribution is -1.18. The van der Waals surface area contributed by atoms with Gasteiger partial charge in [-0.05, 0) is 38.5 Å². The van der Waals surface area contributed by atoms with Crippen LogP contribution in [0.1, 0.15) is 32.0 Å². The molecule has 0 amide bonds. The standard InChI is InChI=1S/C17H22N2O2/c1-16-6-17(2)9-18(7-16)15(19(8-16)10-17)12-3-4-13-14(5-12)21-11-20-13/h3-5,15H,6-11H2,1-2H3/p+2. The SMILES string of the molecule is CC12C[NH+]3CC(C)(C[NH+](C1)C3c1ccc3c(c1)OCO3)C2. The second kappa shape index (κ2) is 3.73. The lowest BCUT2D eigenvalue weighted by Crippen LogP contribution is -3.40. The monoisotopic (exact) mass is 288 g/mol. The van der Waals surface area contributed by atoms with Gasteiger partial charge in [-0.1, -0.05) is 0 Å². The first kappa shape index (κ1) is 12.3. The molecular formula is C17H24N2O2+2. The van der Waals surface area contributed by atoms with Crippen LogP contribution in [0.2, 0.25) is 0 Å². The average molecular weight is 288 g/mol. The summed E-state index contributed by atoms with van der Waals surface area (Å²) in [4.78, 5) is 3.55. The molecule has 0 spiro atoms. The van der Waals surface area contributed by atoms with Crippen LogP contribution in [0.15, 0.2) is 18.2 Å². The van der Waals surface area contributed by atoms with E-state index in [9.17, 15) is 0 Å². The highest BCUT2D eigenvalue weighted by atomic mass is 16.7. The van der Waals surface area contributed by atoms with Crippen molar-refractivity contribution in [2.75, 3.05) is 33.0 Å². The predicted molar refractivity (Wildman–Crippen MR) is 77.5 cm³/mol. The van der Waals surface area contributed by atoms with Crippen LogP contribution in [0, 0.1) is 10.8 Å². The van der Waals surface area contributed by atoms with Crippen molar-refractivity contribution in [2.45, 2.75) is 26.4 Å². The molecule has 112 valence electrons. The molecule has 2 N–H and O–H groups in total. The summed E-state index contributed by atoms with van der Waals surface area (Å²) in [6, 6.07) is 6.57. The molecule has 6 rings (SSSR count). The number of piperidine rings is 2. The van der Waals surface area contributed by atoms with Crippen LogP contribution < -0.4 is 19.3 Å². The Labute approximate surface area is 125 Å². The number of benzene rings is 1. The van der Waals surface area contributed by atoms with E-state index >= 15 is 0 Å². The summed E-state index contributed by atoms with van der Waals surface area (Å²) in [6.07, 6.45) is 2.00. The second-order valence-electron chi connectivity index (χ2n) is 8.37. The van der Waals surface area contributed by atoms with Gasteiger partial charge >= 0.3 is 0 Å². The lowest BCUT2D eigenvalue weighted by Gasteiger charge is -2.60. The Morgan fingerprint density at radius 2 is 1.57 bits per heavy atom. The van der Waals surface area contributed by atoms with E-state index in [0.717, 1.165) is 11.5 Å². The molecule has 1 aromatic rings. The number of quaternary nitrogens is 2. The largest absolute Gasteiger partial charge is 0.454 e. The quantitative estimate of drug-likeness (QED) is 0.738. The van der Waals surface area contributed by atoms with Crippen molar-refractivity contribution >= 4 is 0 Å². The minimum absolute atomic E-state index is 0.368. The van der Waals surface area contributed by atoms with Crippen molar-refractivity contribution in [3.05, 3.63) is 23.8 Å². The summed E-state index contributed by atoms with van der Waals surface area (Å²) in [7, 11) is 0. The molecule has 5 aliphatic rings. The van der Waals surface area contributed by atoms with E-state index in [0.29, 0.717) is 23.8 Å². The molecule has 5 heterocycles. The Balaban J connectivity index is 1.53. The van der Waals surface area contributed by atoms with E-state index in [4.69, 9.17) is 9.47 Å². The summed E-state index contributed by atoms with van der Waals surface area (Å²) < 4.78 is 11.0. The van der Waals surface area contributed by atoms with Crippen LogP contribution in [-0.2, 0) is 0 Å². The van der Waals surface area contributed by atoms with Crippen molar-refractivity contribution in [1.82, 2.24) is 0 Å². The van der Waals surface area contributed by atoms with Crippen molar-refractivity contribution < 1.29 is 19.3 Å². The van der Waals surface area contributed by atoms with Crippen molar-refractivity contribution in [3.63, 3.8) is 0 Å². The van der Waals surface area contributed by atoms with Crippen molar-refractivity contribution in [1.29, 1.82) is 0 Å². The summed E-state index contributed by atoms with van der Waals surface area (Å²) in [5.74, 6) is 1.83. The van der Waals surface area contributed by atoms with E-state index in [2.05, 4.69) is 32.0 Å². The minimum atomic E-state index is 0.368. The smallest absolute Gasteiger partial charge is 0.240 e. The van der Waals surface area contributed by atoms with Crippen LogP contribution in [0.4, 0.5) is 0 Å². The number of rotatable bonds is 1. The first-order chi connectivity index (χ1) is 10.0. The van der Waals surface area contributed by atoms with Gasteiger partial charge in [-0.15, -0.1) is 0 Å². The van der Waals surface area contributed by atoms with Gasteiger partial charge in [0.25, 0.3) is 0 Å². The molecular weight excluding hydrogens is 264 g/mol. The van der Waals surface area contributed by atoms with Crippen LogP contribution in [-0.4, -0.2) is 33.0 Å². The van der Waals surface area contributed by atoms with Crippen LogP contribution in [0.25, 0.3) is 0 Å². The number of fused-ring (bicyclic) bond motifs is 1. The van der Waals surface area contributed by atoms with Gasteiger partial charge in [0.05, 0.1) is 42.6 Å². The van der Waals surface area contributed by atoms with Gasteiger partial charge in [-0.3, -0.25) is 9.80 Å². The van der Waals surface area contributed by atoms with Crippen molar-refractivity contribution in [2.24, 2.45) is 10.8 Å². The summed E-state index contributed by atoms with van der Waals surface area (Å²) >= 11 is 0. The third kappa shape index (κ3) is 1.69. The minimum Gasteiger partial charge on any atom is -0.454 e. The highest BCUT2D eigenvalue weighted by Gasteiger charge is 2.62. The third-order valence-corrected chi connectivity index (χ3v) is 6.02. The Kier molecular flexibility index (Phi) is 2.19. The molecule has 4 heteroatoms. The number of nitrogens with one attached hydrogen (secondary N) is 2. The Bertz CT molecular complexity index is 579. The highest BCUT2D eigenvalue weighted by Crippen LogP contribution is 2.40. The zero-order valence-electron chi connectivity index (χ0n) is 12.9. The molecule has 0 radical (unpaired) electrons. The molecule has 4 saturated heterocycles. The molecule has 4 fully saturated rings. The molecule has 0 aromatic heterocycles. The van der Waals surface area contributed by atoms with Gasteiger partial charge in [-0.2, -0.15) is 0 Å². The normalized spacial score (nSPS) is 46.1. The van der Waals surface area contributed by atoms with Gasteiger partial charge in [0.15, 0.2) is 11.5 Å². The van der Waals surface area contributed by atoms with E-state index in [-0.39, 0.29) is 0 Å². The summed E-state index contributed by atoms with van der Waals surface area (Å²) in [5, 5.41) is 0. The zero-order valence-corrected chi connectivity index (χ0v) is 12.9.